The first-order chi connectivity index (χ1) is 15.3. The Morgan fingerprint density at radius 2 is 1.61 bits per heavy atom. The number of nitrogens with zero attached hydrogens (tertiary/aromatic N) is 1. The number of ether oxygens (including phenoxy) is 1. The summed E-state index contributed by atoms with van der Waals surface area (Å²) in [5, 5.41) is 5.69. The van der Waals surface area contributed by atoms with Gasteiger partial charge in [-0.1, -0.05) is 29.8 Å². The summed E-state index contributed by atoms with van der Waals surface area (Å²) in [4.78, 5) is 41.2. The molecule has 1 aromatic rings. The molecular formula is C25H41N3O4S. The van der Waals surface area contributed by atoms with Gasteiger partial charge in [0.2, 0.25) is 11.8 Å². The van der Waals surface area contributed by atoms with Crippen LogP contribution in [0, 0.1) is 6.92 Å². The van der Waals surface area contributed by atoms with Crippen molar-refractivity contribution in [3.63, 3.8) is 0 Å². The average Bonchev–Trinajstić information content (AvgIpc) is 2.67. The molecule has 0 saturated heterocycles. The van der Waals surface area contributed by atoms with Gasteiger partial charge in [0.25, 0.3) is 0 Å². The lowest BCUT2D eigenvalue weighted by atomic mass is 9.99. The number of nitrogens with one attached hydrogen (secondary N) is 2. The molecular weight excluding hydrogens is 438 g/mol. The van der Waals surface area contributed by atoms with Crippen LogP contribution in [0.2, 0.25) is 0 Å². The number of benzene rings is 1. The standard InChI is InChI=1S/C25H41N3O4S/c1-16(2)26-22(29)21(19-12-10-18(5)11-13-19)28(17(3)4)23(30)20(14-15-33-9)27-24(31)32-25(6,7)8/h10-13,16-17,20-21H,14-15H2,1-9H3,(H,26,29)(H,27,31). The van der Waals surface area contributed by atoms with E-state index in [4.69, 9.17) is 4.74 Å². The van der Waals surface area contributed by atoms with Crippen LogP contribution in [0.25, 0.3) is 0 Å². The van der Waals surface area contributed by atoms with E-state index in [-0.39, 0.29) is 23.9 Å². The topological polar surface area (TPSA) is 87.7 Å². The van der Waals surface area contributed by atoms with Crippen molar-refractivity contribution in [1.82, 2.24) is 15.5 Å². The van der Waals surface area contributed by atoms with E-state index in [0.717, 1.165) is 11.1 Å². The Morgan fingerprint density at radius 3 is 2.06 bits per heavy atom. The summed E-state index contributed by atoms with van der Waals surface area (Å²) in [6.45, 7) is 14.8. The molecule has 0 bridgehead atoms. The molecule has 7 nitrogen and oxygen atoms in total. The van der Waals surface area contributed by atoms with E-state index in [1.165, 1.54) is 0 Å². The minimum atomic E-state index is -0.822. The number of carbonyl (C=O) groups excluding carboxylic acids is 3. The maximum absolute atomic E-state index is 13.8. The molecule has 0 aromatic heterocycles. The molecule has 0 aliphatic rings. The van der Waals surface area contributed by atoms with Crippen LogP contribution in [0.15, 0.2) is 24.3 Å². The van der Waals surface area contributed by atoms with E-state index in [9.17, 15) is 14.4 Å². The molecule has 0 saturated carbocycles. The van der Waals surface area contributed by atoms with Gasteiger partial charge in [0.1, 0.15) is 17.7 Å². The molecule has 2 atom stereocenters. The van der Waals surface area contributed by atoms with Crippen LogP contribution in [0.4, 0.5) is 4.79 Å². The third kappa shape index (κ3) is 9.66. The summed E-state index contributed by atoms with van der Waals surface area (Å²) in [6, 6.07) is 5.62. The first kappa shape index (κ1) is 28.8. The maximum Gasteiger partial charge on any atom is 0.408 e. The number of thioether (sulfide) groups is 1. The number of carbonyl (C=O) groups is 3. The molecule has 1 aromatic carbocycles. The Labute approximate surface area is 203 Å². The van der Waals surface area contributed by atoms with Crippen LogP contribution >= 0.6 is 11.8 Å². The van der Waals surface area contributed by atoms with Gasteiger partial charge in [-0.15, -0.1) is 0 Å². The zero-order chi connectivity index (χ0) is 25.3. The van der Waals surface area contributed by atoms with Gasteiger partial charge >= 0.3 is 6.09 Å². The molecule has 186 valence electrons. The fourth-order valence-electron chi connectivity index (χ4n) is 3.35. The Morgan fingerprint density at radius 1 is 1.03 bits per heavy atom. The smallest absolute Gasteiger partial charge is 0.408 e. The SMILES string of the molecule is CSCCC(NC(=O)OC(C)(C)C)C(=O)N(C(C)C)C(C(=O)NC(C)C)c1ccc(C)cc1. The van der Waals surface area contributed by atoms with E-state index < -0.39 is 23.8 Å². The fraction of sp³-hybridized carbons (Fsp3) is 0.640. The van der Waals surface area contributed by atoms with Crippen molar-refractivity contribution in [3.8, 4) is 0 Å². The lowest BCUT2D eigenvalue weighted by Crippen LogP contribution is -2.55. The predicted octanol–water partition coefficient (Wildman–Crippen LogP) is 4.44. The molecule has 0 aliphatic heterocycles. The molecule has 0 spiro atoms. The lowest BCUT2D eigenvalue weighted by molar-refractivity contribution is -0.144. The first-order valence-corrected chi connectivity index (χ1v) is 12.8. The van der Waals surface area contributed by atoms with Crippen molar-refractivity contribution in [3.05, 3.63) is 35.4 Å². The largest absolute Gasteiger partial charge is 0.444 e. The molecule has 8 heteroatoms. The highest BCUT2D eigenvalue weighted by Crippen LogP contribution is 2.26. The van der Waals surface area contributed by atoms with Crippen molar-refractivity contribution in [2.45, 2.75) is 91.6 Å². The zero-order valence-electron chi connectivity index (χ0n) is 21.5. The summed E-state index contributed by atoms with van der Waals surface area (Å²) in [5.74, 6) is 0.108. The number of alkyl carbamates (subject to hydrolysis) is 1. The quantitative estimate of drug-likeness (QED) is 0.518. The third-order valence-electron chi connectivity index (χ3n) is 4.76. The number of hydrogen-bond acceptors (Lipinski definition) is 5. The van der Waals surface area contributed by atoms with Crippen LogP contribution in [-0.2, 0) is 14.3 Å². The van der Waals surface area contributed by atoms with Crippen LogP contribution < -0.4 is 10.6 Å². The number of hydrogen-bond donors (Lipinski definition) is 2. The molecule has 33 heavy (non-hydrogen) atoms. The highest BCUT2D eigenvalue weighted by molar-refractivity contribution is 7.98. The van der Waals surface area contributed by atoms with E-state index in [1.54, 1.807) is 37.4 Å². The lowest BCUT2D eigenvalue weighted by Gasteiger charge is -2.37. The molecule has 0 radical (unpaired) electrons. The van der Waals surface area contributed by atoms with Gasteiger partial charge in [-0.2, -0.15) is 11.8 Å². The van der Waals surface area contributed by atoms with Crippen LogP contribution in [-0.4, -0.2) is 58.5 Å². The van der Waals surface area contributed by atoms with Gasteiger partial charge in [0.05, 0.1) is 0 Å². The van der Waals surface area contributed by atoms with Crippen molar-refractivity contribution < 1.29 is 19.1 Å². The fourth-order valence-corrected chi connectivity index (χ4v) is 3.82. The van der Waals surface area contributed by atoms with Crippen LogP contribution in [0.3, 0.4) is 0 Å². The summed E-state index contributed by atoms with van der Waals surface area (Å²) in [7, 11) is 0. The minimum Gasteiger partial charge on any atom is -0.444 e. The normalized spacial score (nSPS) is 13.4. The highest BCUT2D eigenvalue weighted by atomic mass is 32.2. The van der Waals surface area contributed by atoms with Crippen molar-refractivity contribution >= 4 is 29.7 Å². The Balaban J connectivity index is 3.38. The third-order valence-corrected chi connectivity index (χ3v) is 5.41. The van der Waals surface area contributed by atoms with Gasteiger partial charge in [-0.05, 0) is 79.4 Å². The van der Waals surface area contributed by atoms with E-state index in [0.29, 0.717) is 12.2 Å². The van der Waals surface area contributed by atoms with Crippen molar-refractivity contribution in [1.29, 1.82) is 0 Å². The van der Waals surface area contributed by atoms with Crippen molar-refractivity contribution in [2.24, 2.45) is 0 Å². The Hall–Kier alpha value is -2.22. The Kier molecular flexibility index (Phi) is 11.2. The molecule has 0 fully saturated rings. The number of rotatable bonds is 10. The molecule has 0 aliphatic carbocycles. The molecule has 1 rings (SSSR count). The van der Waals surface area contributed by atoms with E-state index in [2.05, 4.69) is 10.6 Å². The molecule has 2 N–H and O–H groups in total. The maximum atomic E-state index is 13.8. The highest BCUT2D eigenvalue weighted by Gasteiger charge is 2.37. The van der Waals surface area contributed by atoms with Gasteiger partial charge in [0.15, 0.2) is 0 Å². The first-order valence-electron chi connectivity index (χ1n) is 11.4. The number of aryl methyl sites for hydroxylation is 1. The average molecular weight is 480 g/mol. The van der Waals surface area contributed by atoms with Crippen LogP contribution in [0.1, 0.15) is 72.1 Å². The summed E-state index contributed by atoms with van der Waals surface area (Å²) in [5.41, 5.74) is 1.10. The van der Waals surface area contributed by atoms with Gasteiger partial charge in [-0.25, -0.2) is 4.79 Å². The molecule has 3 amide bonds. The van der Waals surface area contributed by atoms with Gasteiger partial charge in [-0.3, -0.25) is 9.59 Å². The van der Waals surface area contributed by atoms with Gasteiger partial charge < -0.3 is 20.3 Å². The summed E-state index contributed by atoms with van der Waals surface area (Å²) < 4.78 is 5.39. The Bertz CT molecular complexity index is 788. The minimum absolute atomic E-state index is 0.0817. The second kappa shape index (κ2) is 12.9. The van der Waals surface area contributed by atoms with E-state index in [1.807, 2.05) is 65.1 Å². The second-order valence-corrected chi connectivity index (χ2v) is 10.8. The molecule has 0 heterocycles. The predicted molar refractivity (Wildman–Crippen MR) is 135 cm³/mol. The number of amides is 3. The van der Waals surface area contributed by atoms with E-state index >= 15 is 0 Å². The summed E-state index contributed by atoms with van der Waals surface area (Å²) >= 11 is 1.59. The zero-order valence-corrected chi connectivity index (χ0v) is 22.3. The van der Waals surface area contributed by atoms with Crippen molar-refractivity contribution in [2.75, 3.05) is 12.0 Å². The van der Waals surface area contributed by atoms with Crippen LogP contribution in [0.5, 0.6) is 0 Å². The summed E-state index contributed by atoms with van der Waals surface area (Å²) in [6.07, 6.45) is 1.72. The second-order valence-electron chi connectivity index (χ2n) is 9.80. The van der Waals surface area contributed by atoms with Gasteiger partial charge in [0, 0.05) is 12.1 Å². The monoisotopic (exact) mass is 479 g/mol. The molecule has 2 unspecified atom stereocenters.